The Morgan fingerprint density at radius 2 is 1.81 bits per heavy atom. The maximum absolute atomic E-state index is 11.4. The molecule has 1 heterocycles. The van der Waals surface area contributed by atoms with Gasteiger partial charge in [-0.05, 0) is 12.0 Å². The molecular weight excluding hydrogens is 246 g/mol. The van der Waals surface area contributed by atoms with E-state index in [1.54, 1.807) is 0 Å². The van der Waals surface area contributed by atoms with Crippen molar-refractivity contribution in [3.63, 3.8) is 0 Å². The lowest BCUT2D eigenvalue weighted by Crippen LogP contribution is -2.22. The minimum atomic E-state index is -2.82. The van der Waals surface area contributed by atoms with Crippen LogP contribution in [0.3, 0.4) is 0 Å². The molecule has 1 aliphatic heterocycles. The van der Waals surface area contributed by atoms with E-state index in [2.05, 4.69) is 5.32 Å². The number of rotatable bonds is 1. The summed E-state index contributed by atoms with van der Waals surface area (Å²) in [7, 11) is -2.82. The second-order valence-corrected chi connectivity index (χ2v) is 6.16. The van der Waals surface area contributed by atoms with Crippen molar-refractivity contribution in [2.45, 2.75) is 12.5 Å². The van der Waals surface area contributed by atoms with Gasteiger partial charge in [-0.25, -0.2) is 8.42 Å². The van der Waals surface area contributed by atoms with E-state index in [1.165, 1.54) is 5.56 Å². The third kappa shape index (κ3) is 3.47. The molecule has 1 aliphatic rings. The van der Waals surface area contributed by atoms with Crippen molar-refractivity contribution in [3.8, 4) is 0 Å². The van der Waals surface area contributed by atoms with Crippen LogP contribution in [0.4, 0.5) is 0 Å². The van der Waals surface area contributed by atoms with Gasteiger partial charge in [-0.15, -0.1) is 12.4 Å². The van der Waals surface area contributed by atoms with Crippen LogP contribution < -0.4 is 5.32 Å². The van der Waals surface area contributed by atoms with E-state index in [1.807, 2.05) is 30.3 Å². The zero-order valence-corrected chi connectivity index (χ0v) is 10.6. The molecule has 0 aromatic heterocycles. The summed E-state index contributed by atoms with van der Waals surface area (Å²) in [6, 6.07) is 10.2. The van der Waals surface area contributed by atoms with Crippen LogP contribution in [-0.4, -0.2) is 26.5 Å². The van der Waals surface area contributed by atoms with Crippen LogP contribution in [0.25, 0.3) is 0 Å². The van der Waals surface area contributed by atoms with Gasteiger partial charge in [-0.1, -0.05) is 30.3 Å². The lowest BCUT2D eigenvalue weighted by atomic mass is 10.1. The van der Waals surface area contributed by atoms with Gasteiger partial charge in [0.1, 0.15) is 0 Å². The van der Waals surface area contributed by atoms with E-state index in [0.717, 1.165) is 0 Å². The Balaban J connectivity index is 0.00000128. The lowest BCUT2D eigenvalue weighted by molar-refractivity contribution is 0.551. The Hall–Kier alpha value is -0.580. The molecule has 1 aromatic carbocycles. The summed E-state index contributed by atoms with van der Waals surface area (Å²) in [5.41, 5.74) is 1.18. The Bertz CT molecular complexity index is 419. The standard InChI is InChI=1S/C11H15NO2S.ClH/c13-15(14)8-6-11(12-7-9-15)10-4-2-1-3-5-10;/h1-5,11-12H,6-9H2;1H. The average molecular weight is 262 g/mol. The van der Waals surface area contributed by atoms with E-state index >= 15 is 0 Å². The monoisotopic (exact) mass is 261 g/mol. The Morgan fingerprint density at radius 3 is 2.50 bits per heavy atom. The Morgan fingerprint density at radius 1 is 1.12 bits per heavy atom. The van der Waals surface area contributed by atoms with E-state index < -0.39 is 9.84 Å². The quantitative estimate of drug-likeness (QED) is 0.835. The predicted octanol–water partition coefficient (Wildman–Crippen LogP) is 1.56. The van der Waals surface area contributed by atoms with Gasteiger partial charge in [-0.3, -0.25) is 0 Å². The normalized spacial score (nSPS) is 24.1. The van der Waals surface area contributed by atoms with Gasteiger partial charge in [0.2, 0.25) is 0 Å². The zero-order chi connectivity index (χ0) is 10.7. The number of benzene rings is 1. The molecule has 0 amide bonds. The number of hydrogen-bond acceptors (Lipinski definition) is 3. The maximum atomic E-state index is 11.4. The summed E-state index contributed by atoms with van der Waals surface area (Å²) in [4.78, 5) is 0. The number of sulfone groups is 1. The summed E-state index contributed by atoms with van der Waals surface area (Å²) in [5, 5.41) is 3.27. The second-order valence-electron chi connectivity index (χ2n) is 3.86. The molecule has 0 spiro atoms. The third-order valence-electron chi connectivity index (χ3n) is 2.72. The molecule has 5 heteroatoms. The smallest absolute Gasteiger partial charge is 0.151 e. The number of nitrogens with one attached hydrogen (secondary N) is 1. The maximum Gasteiger partial charge on any atom is 0.151 e. The van der Waals surface area contributed by atoms with Crippen molar-refractivity contribution in [2.75, 3.05) is 18.1 Å². The van der Waals surface area contributed by atoms with Crippen LogP contribution in [-0.2, 0) is 9.84 Å². The second kappa shape index (κ2) is 5.66. The molecule has 2 rings (SSSR count). The van der Waals surface area contributed by atoms with Crippen LogP contribution in [0.1, 0.15) is 18.0 Å². The highest BCUT2D eigenvalue weighted by molar-refractivity contribution is 7.91. The summed E-state index contributed by atoms with van der Waals surface area (Å²) in [6.45, 7) is 0.557. The van der Waals surface area contributed by atoms with E-state index in [-0.39, 0.29) is 24.2 Å². The van der Waals surface area contributed by atoms with Crippen molar-refractivity contribution >= 4 is 22.2 Å². The van der Waals surface area contributed by atoms with Gasteiger partial charge < -0.3 is 5.32 Å². The van der Waals surface area contributed by atoms with Crippen LogP contribution in [0, 0.1) is 0 Å². The molecule has 1 saturated heterocycles. The fraction of sp³-hybridized carbons (Fsp3) is 0.455. The highest BCUT2D eigenvalue weighted by atomic mass is 35.5. The molecule has 0 radical (unpaired) electrons. The van der Waals surface area contributed by atoms with Gasteiger partial charge >= 0.3 is 0 Å². The first kappa shape index (κ1) is 13.5. The van der Waals surface area contributed by atoms with Crippen molar-refractivity contribution in [3.05, 3.63) is 35.9 Å². The molecule has 0 bridgehead atoms. The average Bonchev–Trinajstić information content (AvgIpc) is 2.41. The number of halogens is 1. The Labute approximate surface area is 103 Å². The van der Waals surface area contributed by atoms with Gasteiger partial charge in [0.25, 0.3) is 0 Å². The molecule has 1 N–H and O–H groups in total. The van der Waals surface area contributed by atoms with Crippen LogP contribution in [0.2, 0.25) is 0 Å². The summed E-state index contributed by atoms with van der Waals surface area (Å²) in [5.74, 6) is 0.551. The predicted molar refractivity (Wildman–Crippen MR) is 67.7 cm³/mol. The Kier molecular flexibility index (Phi) is 4.77. The molecule has 90 valence electrons. The topological polar surface area (TPSA) is 46.2 Å². The van der Waals surface area contributed by atoms with Crippen LogP contribution in [0.15, 0.2) is 30.3 Å². The molecule has 16 heavy (non-hydrogen) atoms. The molecule has 1 unspecified atom stereocenters. The van der Waals surface area contributed by atoms with E-state index in [0.29, 0.717) is 18.7 Å². The van der Waals surface area contributed by atoms with Crippen molar-refractivity contribution < 1.29 is 8.42 Å². The minimum absolute atomic E-state index is 0. The first-order valence-electron chi connectivity index (χ1n) is 5.16. The molecular formula is C11H16ClNO2S. The minimum Gasteiger partial charge on any atom is -0.309 e. The highest BCUT2D eigenvalue weighted by Gasteiger charge is 2.20. The molecule has 1 fully saturated rings. The molecule has 3 nitrogen and oxygen atoms in total. The summed E-state index contributed by atoms with van der Waals surface area (Å²) < 4.78 is 22.8. The van der Waals surface area contributed by atoms with E-state index in [9.17, 15) is 8.42 Å². The van der Waals surface area contributed by atoms with Crippen LogP contribution >= 0.6 is 12.4 Å². The molecule has 1 aromatic rings. The van der Waals surface area contributed by atoms with Crippen molar-refractivity contribution in [1.29, 1.82) is 0 Å². The lowest BCUT2D eigenvalue weighted by Gasteiger charge is -2.14. The summed E-state index contributed by atoms with van der Waals surface area (Å²) in [6.07, 6.45) is 0.673. The molecule has 0 saturated carbocycles. The fourth-order valence-corrected chi connectivity index (χ4v) is 3.09. The van der Waals surface area contributed by atoms with Crippen molar-refractivity contribution in [2.24, 2.45) is 0 Å². The first-order chi connectivity index (χ1) is 7.17. The van der Waals surface area contributed by atoms with E-state index in [4.69, 9.17) is 0 Å². The molecule has 0 aliphatic carbocycles. The van der Waals surface area contributed by atoms with Gasteiger partial charge in [0.05, 0.1) is 11.5 Å². The fourth-order valence-electron chi connectivity index (χ4n) is 1.86. The SMILES string of the molecule is Cl.O=S1(=O)CCNC(c2ccccc2)CC1. The van der Waals surface area contributed by atoms with Gasteiger partial charge in [0.15, 0.2) is 9.84 Å². The first-order valence-corrected chi connectivity index (χ1v) is 6.98. The summed E-state index contributed by atoms with van der Waals surface area (Å²) >= 11 is 0. The zero-order valence-electron chi connectivity index (χ0n) is 8.93. The highest BCUT2D eigenvalue weighted by Crippen LogP contribution is 2.19. The largest absolute Gasteiger partial charge is 0.309 e. The van der Waals surface area contributed by atoms with Crippen molar-refractivity contribution in [1.82, 2.24) is 5.32 Å². The van der Waals surface area contributed by atoms with Crippen LogP contribution in [0.5, 0.6) is 0 Å². The van der Waals surface area contributed by atoms with Gasteiger partial charge in [-0.2, -0.15) is 0 Å². The number of hydrogen-bond donors (Lipinski definition) is 1. The molecule has 1 atom stereocenters. The third-order valence-corrected chi connectivity index (χ3v) is 4.41. The van der Waals surface area contributed by atoms with Gasteiger partial charge in [0, 0.05) is 12.6 Å².